The van der Waals surface area contributed by atoms with E-state index < -0.39 is 0 Å². The van der Waals surface area contributed by atoms with Gasteiger partial charge in [-0.25, -0.2) is 4.98 Å². The lowest BCUT2D eigenvalue weighted by molar-refractivity contribution is 0.644. The summed E-state index contributed by atoms with van der Waals surface area (Å²) in [5.74, 6) is 0. The minimum absolute atomic E-state index is 0.343. The molecule has 1 aromatic heterocycles. The van der Waals surface area contributed by atoms with Crippen LogP contribution in [0.1, 0.15) is 17.8 Å². The molecular formula is C9H13N5. The molecule has 74 valence electrons. The molecule has 1 rings (SSSR count). The summed E-state index contributed by atoms with van der Waals surface area (Å²) in [4.78, 5) is 7.98. The molecule has 0 amide bonds. The minimum Gasteiger partial charge on any atom is -0.330 e. The molecule has 0 spiro atoms. The fourth-order valence-corrected chi connectivity index (χ4v) is 0.947. The van der Waals surface area contributed by atoms with Crippen LogP contribution >= 0.6 is 0 Å². The Morgan fingerprint density at radius 2 is 2.29 bits per heavy atom. The van der Waals surface area contributed by atoms with Crippen molar-refractivity contribution in [2.45, 2.75) is 13.0 Å². The van der Waals surface area contributed by atoms with Crippen LogP contribution in [0.15, 0.2) is 12.4 Å². The number of aromatic nitrogens is 2. The second-order valence-corrected chi connectivity index (χ2v) is 2.82. The Labute approximate surface area is 83.0 Å². The highest BCUT2D eigenvalue weighted by atomic mass is 14.9. The largest absolute Gasteiger partial charge is 0.330 e. The molecule has 1 heterocycles. The average Bonchev–Trinajstić information content (AvgIpc) is 2.25. The van der Waals surface area contributed by atoms with Crippen molar-refractivity contribution in [3.05, 3.63) is 23.8 Å². The van der Waals surface area contributed by atoms with Gasteiger partial charge in [0.2, 0.25) is 0 Å². The van der Waals surface area contributed by atoms with Crippen LogP contribution in [0.3, 0.4) is 0 Å². The molecule has 0 aliphatic heterocycles. The molecule has 5 nitrogen and oxygen atoms in total. The van der Waals surface area contributed by atoms with Gasteiger partial charge in [0.25, 0.3) is 0 Å². The first kappa shape index (κ1) is 10.6. The molecule has 0 fully saturated rings. The van der Waals surface area contributed by atoms with Crippen LogP contribution in [0.25, 0.3) is 0 Å². The summed E-state index contributed by atoms with van der Waals surface area (Å²) in [6.45, 7) is 2.23. The Hall–Kier alpha value is -1.51. The van der Waals surface area contributed by atoms with E-state index in [0.717, 1.165) is 18.7 Å². The van der Waals surface area contributed by atoms with E-state index in [-0.39, 0.29) is 0 Å². The fraction of sp³-hybridized carbons (Fsp3) is 0.444. The van der Waals surface area contributed by atoms with Gasteiger partial charge in [-0.3, -0.25) is 4.98 Å². The molecule has 0 atom stereocenters. The highest BCUT2D eigenvalue weighted by Gasteiger charge is 1.95. The van der Waals surface area contributed by atoms with E-state index in [0.29, 0.717) is 18.8 Å². The van der Waals surface area contributed by atoms with Crippen molar-refractivity contribution < 1.29 is 0 Å². The first-order valence-electron chi connectivity index (χ1n) is 4.48. The lowest BCUT2D eigenvalue weighted by atomic mass is 10.4. The second kappa shape index (κ2) is 6.02. The number of nitrogens with zero attached hydrogens (tertiary/aromatic N) is 3. The van der Waals surface area contributed by atoms with Gasteiger partial charge in [-0.15, -0.1) is 0 Å². The van der Waals surface area contributed by atoms with Crippen molar-refractivity contribution in [1.29, 1.82) is 5.26 Å². The Balaban J connectivity index is 2.33. The zero-order valence-corrected chi connectivity index (χ0v) is 7.90. The predicted molar refractivity (Wildman–Crippen MR) is 52.1 cm³/mol. The maximum Gasteiger partial charge on any atom is 0.158 e. The predicted octanol–water partition coefficient (Wildman–Crippen LogP) is -0.213. The van der Waals surface area contributed by atoms with Gasteiger partial charge in [-0.05, 0) is 19.5 Å². The number of nitriles is 1. The van der Waals surface area contributed by atoms with Gasteiger partial charge >= 0.3 is 0 Å². The number of nitrogens with one attached hydrogen (secondary N) is 1. The van der Waals surface area contributed by atoms with Gasteiger partial charge in [-0.1, -0.05) is 0 Å². The third-order valence-corrected chi connectivity index (χ3v) is 1.68. The quantitative estimate of drug-likeness (QED) is 0.628. The standard InChI is InChI=1S/C9H13N5/c10-2-1-3-12-5-9-7-13-8(4-11)6-14-9/h6-7,12H,1-3,5,10H2. The number of rotatable bonds is 5. The molecule has 5 heteroatoms. The molecule has 0 radical (unpaired) electrons. The van der Waals surface area contributed by atoms with E-state index in [1.54, 1.807) is 6.20 Å². The van der Waals surface area contributed by atoms with Gasteiger partial charge < -0.3 is 11.1 Å². The lowest BCUT2D eigenvalue weighted by Gasteiger charge is -2.01. The minimum atomic E-state index is 0.343. The summed E-state index contributed by atoms with van der Waals surface area (Å²) >= 11 is 0. The zero-order chi connectivity index (χ0) is 10.2. The third-order valence-electron chi connectivity index (χ3n) is 1.68. The summed E-state index contributed by atoms with van der Waals surface area (Å²) in [6, 6.07) is 1.92. The first-order valence-corrected chi connectivity index (χ1v) is 4.48. The first-order chi connectivity index (χ1) is 6.86. The maximum atomic E-state index is 8.49. The zero-order valence-electron chi connectivity index (χ0n) is 7.90. The summed E-state index contributed by atoms with van der Waals surface area (Å²) < 4.78 is 0. The van der Waals surface area contributed by atoms with Gasteiger partial charge in [0.05, 0.1) is 18.1 Å². The van der Waals surface area contributed by atoms with E-state index in [9.17, 15) is 0 Å². The third kappa shape index (κ3) is 3.47. The van der Waals surface area contributed by atoms with Crippen molar-refractivity contribution in [3.8, 4) is 6.07 Å². The van der Waals surface area contributed by atoms with Crippen LogP contribution in [-0.4, -0.2) is 23.1 Å². The van der Waals surface area contributed by atoms with Crippen molar-refractivity contribution in [3.63, 3.8) is 0 Å². The number of hydrogen-bond acceptors (Lipinski definition) is 5. The summed E-state index contributed by atoms with van der Waals surface area (Å²) in [7, 11) is 0. The fourth-order valence-electron chi connectivity index (χ4n) is 0.947. The highest BCUT2D eigenvalue weighted by molar-refractivity contribution is 5.16. The molecule has 1 aromatic rings. The van der Waals surface area contributed by atoms with E-state index in [2.05, 4.69) is 15.3 Å². The molecule has 0 saturated heterocycles. The van der Waals surface area contributed by atoms with Crippen LogP contribution in [0.4, 0.5) is 0 Å². The van der Waals surface area contributed by atoms with Gasteiger partial charge in [-0.2, -0.15) is 5.26 Å². The van der Waals surface area contributed by atoms with Crippen LogP contribution in [0.2, 0.25) is 0 Å². The van der Waals surface area contributed by atoms with Crippen molar-refractivity contribution >= 4 is 0 Å². The summed E-state index contributed by atoms with van der Waals surface area (Å²) in [6.07, 6.45) is 4.03. The van der Waals surface area contributed by atoms with Crippen LogP contribution in [0.5, 0.6) is 0 Å². The lowest BCUT2D eigenvalue weighted by Crippen LogP contribution is -2.18. The van der Waals surface area contributed by atoms with Crippen LogP contribution < -0.4 is 11.1 Å². The van der Waals surface area contributed by atoms with Crippen molar-refractivity contribution in [2.24, 2.45) is 5.73 Å². The molecule has 3 N–H and O–H groups in total. The highest BCUT2D eigenvalue weighted by Crippen LogP contribution is 1.93. The normalized spacial score (nSPS) is 9.71. The molecule has 0 aromatic carbocycles. The molecule has 0 bridgehead atoms. The number of nitrogens with two attached hydrogens (primary N) is 1. The van der Waals surface area contributed by atoms with Gasteiger partial charge in [0.15, 0.2) is 5.69 Å². The Bertz CT molecular complexity index is 300. The van der Waals surface area contributed by atoms with Gasteiger partial charge in [0, 0.05) is 6.54 Å². The van der Waals surface area contributed by atoms with Crippen molar-refractivity contribution in [1.82, 2.24) is 15.3 Å². The molecule has 0 aliphatic carbocycles. The summed E-state index contributed by atoms with van der Waals surface area (Å²) in [5.41, 5.74) is 6.52. The topological polar surface area (TPSA) is 87.6 Å². The smallest absolute Gasteiger partial charge is 0.158 e. The van der Waals surface area contributed by atoms with Crippen molar-refractivity contribution in [2.75, 3.05) is 13.1 Å². The Kier molecular flexibility index (Phi) is 4.55. The van der Waals surface area contributed by atoms with Crippen LogP contribution in [-0.2, 0) is 6.54 Å². The average molecular weight is 191 g/mol. The second-order valence-electron chi connectivity index (χ2n) is 2.82. The van der Waals surface area contributed by atoms with Crippen LogP contribution in [0, 0.1) is 11.3 Å². The molecular weight excluding hydrogens is 178 g/mol. The Morgan fingerprint density at radius 1 is 1.43 bits per heavy atom. The van der Waals surface area contributed by atoms with E-state index in [4.69, 9.17) is 11.0 Å². The number of hydrogen-bond donors (Lipinski definition) is 2. The molecule has 0 saturated carbocycles. The monoisotopic (exact) mass is 191 g/mol. The SMILES string of the molecule is N#Cc1cnc(CNCCCN)cn1. The molecule has 14 heavy (non-hydrogen) atoms. The van der Waals surface area contributed by atoms with E-state index >= 15 is 0 Å². The van der Waals surface area contributed by atoms with Gasteiger partial charge in [0.1, 0.15) is 6.07 Å². The Morgan fingerprint density at radius 3 is 2.86 bits per heavy atom. The maximum absolute atomic E-state index is 8.49. The van der Waals surface area contributed by atoms with E-state index in [1.165, 1.54) is 6.20 Å². The van der Waals surface area contributed by atoms with E-state index in [1.807, 2.05) is 6.07 Å². The molecule has 0 unspecified atom stereocenters. The molecule has 0 aliphatic rings. The summed E-state index contributed by atoms with van der Waals surface area (Å²) in [5, 5.41) is 11.7.